The normalized spacial score (nSPS) is 16.0. The summed E-state index contributed by atoms with van der Waals surface area (Å²) in [5.74, 6) is -0.0616. The van der Waals surface area contributed by atoms with E-state index in [1.807, 2.05) is 36.9 Å². The van der Waals surface area contributed by atoms with E-state index in [4.69, 9.17) is 11.6 Å². The Morgan fingerprint density at radius 3 is 2.34 bits per heavy atom. The van der Waals surface area contributed by atoms with Crippen LogP contribution < -0.4 is 10.0 Å². The fourth-order valence-corrected chi connectivity index (χ4v) is 4.76. The molecule has 6 nitrogen and oxygen atoms in total. The first-order chi connectivity index (χ1) is 13.7. The van der Waals surface area contributed by atoms with Crippen molar-refractivity contribution in [1.82, 2.24) is 9.62 Å². The molecule has 0 bridgehead atoms. The highest BCUT2D eigenvalue weighted by Gasteiger charge is 2.25. The first-order valence-electron chi connectivity index (χ1n) is 9.60. The summed E-state index contributed by atoms with van der Waals surface area (Å²) in [7, 11) is -3.57. The summed E-state index contributed by atoms with van der Waals surface area (Å²) in [6, 6.07) is 11.8. The zero-order valence-electron chi connectivity index (χ0n) is 16.6. The molecule has 2 N–H and O–H groups in total. The minimum absolute atomic E-state index is 0.0616. The standard InChI is InChI=1S/C21H26ClN3O3S/c1-15-3-6-19(13-16(15)2)23-21(26)14-25-11-9-18(10-12-25)24-29(27,28)20-7-4-17(22)5-8-20/h3-8,13,18,24H,9-12,14H2,1-2H3,(H,23,26). The van der Waals surface area contributed by atoms with Crippen LogP contribution in [-0.4, -0.2) is 44.9 Å². The van der Waals surface area contributed by atoms with E-state index in [2.05, 4.69) is 10.0 Å². The molecule has 1 saturated heterocycles. The maximum absolute atomic E-state index is 12.5. The summed E-state index contributed by atoms with van der Waals surface area (Å²) in [6.45, 7) is 5.67. The van der Waals surface area contributed by atoms with Crippen LogP contribution >= 0.6 is 11.6 Å². The van der Waals surface area contributed by atoms with Crippen LogP contribution in [0.5, 0.6) is 0 Å². The Morgan fingerprint density at radius 1 is 1.07 bits per heavy atom. The second-order valence-electron chi connectivity index (χ2n) is 7.47. The van der Waals surface area contributed by atoms with Crippen LogP contribution in [0, 0.1) is 13.8 Å². The van der Waals surface area contributed by atoms with E-state index in [0.717, 1.165) is 11.3 Å². The molecule has 0 radical (unpaired) electrons. The topological polar surface area (TPSA) is 78.5 Å². The third-order valence-corrected chi connectivity index (χ3v) is 6.98. The predicted octanol–water partition coefficient (Wildman–Crippen LogP) is 3.34. The molecule has 2 aromatic carbocycles. The monoisotopic (exact) mass is 435 g/mol. The lowest BCUT2D eigenvalue weighted by atomic mass is 10.1. The molecule has 1 amide bonds. The molecule has 0 atom stereocenters. The minimum Gasteiger partial charge on any atom is -0.325 e. The zero-order chi connectivity index (χ0) is 21.0. The van der Waals surface area contributed by atoms with E-state index in [1.54, 1.807) is 12.1 Å². The van der Waals surface area contributed by atoms with Crippen molar-refractivity contribution in [3.05, 3.63) is 58.6 Å². The van der Waals surface area contributed by atoms with Gasteiger partial charge < -0.3 is 5.32 Å². The van der Waals surface area contributed by atoms with Crippen molar-refractivity contribution in [3.8, 4) is 0 Å². The van der Waals surface area contributed by atoms with Gasteiger partial charge in [0.15, 0.2) is 0 Å². The summed E-state index contributed by atoms with van der Waals surface area (Å²) in [5, 5.41) is 3.43. The molecule has 1 heterocycles. The molecule has 29 heavy (non-hydrogen) atoms. The molecule has 0 unspecified atom stereocenters. The maximum Gasteiger partial charge on any atom is 0.240 e. The Hall–Kier alpha value is -1.93. The largest absolute Gasteiger partial charge is 0.325 e. The van der Waals surface area contributed by atoms with E-state index < -0.39 is 10.0 Å². The number of sulfonamides is 1. The Morgan fingerprint density at radius 2 is 1.72 bits per heavy atom. The van der Waals surface area contributed by atoms with Crippen LogP contribution in [0.4, 0.5) is 5.69 Å². The van der Waals surface area contributed by atoms with Crippen LogP contribution in [0.2, 0.25) is 5.02 Å². The highest BCUT2D eigenvalue weighted by molar-refractivity contribution is 7.89. The first kappa shape index (κ1) is 21.8. The fourth-order valence-electron chi connectivity index (χ4n) is 3.33. The summed E-state index contributed by atoms with van der Waals surface area (Å²) < 4.78 is 27.7. The molecular formula is C21H26ClN3O3S. The third kappa shape index (κ3) is 6.02. The summed E-state index contributed by atoms with van der Waals surface area (Å²) >= 11 is 5.82. The van der Waals surface area contributed by atoms with Crippen molar-refractivity contribution in [2.24, 2.45) is 0 Å². The molecular weight excluding hydrogens is 410 g/mol. The van der Waals surface area contributed by atoms with Gasteiger partial charge in [-0.05, 0) is 74.2 Å². The van der Waals surface area contributed by atoms with Crippen molar-refractivity contribution < 1.29 is 13.2 Å². The van der Waals surface area contributed by atoms with Gasteiger partial charge in [-0.3, -0.25) is 9.69 Å². The molecule has 1 aliphatic heterocycles. The maximum atomic E-state index is 12.5. The lowest BCUT2D eigenvalue weighted by Crippen LogP contribution is -2.46. The number of nitrogens with one attached hydrogen (secondary N) is 2. The Balaban J connectivity index is 1.48. The smallest absolute Gasteiger partial charge is 0.240 e. The van der Waals surface area contributed by atoms with E-state index in [1.165, 1.54) is 17.7 Å². The molecule has 0 spiro atoms. The van der Waals surface area contributed by atoms with E-state index in [0.29, 0.717) is 37.5 Å². The van der Waals surface area contributed by atoms with Crippen molar-refractivity contribution in [1.29, 1.82) is 0 Å². The fraction of sp³-hybridized carbons (Fsp3) is 0.381. The highest BCUT2D eigenvalue weighted by atomic mass is 35.5. The number of anilines is 1. The van der Waals surface area contributed by atoms with E-state index in [9.17, 15) is 13.2 Å². The Kier molecular flexibility index (Phi) is 6.95. The minimum atomic E-state index is -3.57. The second-order valence-corrected chi connectivity index (χ2v) is 9.62. The van der Waals surface area contributed by atoms with Crippen molar-refractivity contribution >= 4 is 33.2 Å². The van der Waals surface area contributed by atoms with Crippen molar-refractivity contribution in [2.45, 2.75) is 37.6 Å². The van der Waals surface area contributed by atoms with E-state index >= 15 is 0 Å². The van der Waals surface area contributed by atoms with Crippen LogP contribution in [0.15, 0.2) is 47.4 Å². The van der Waals surface area contributed by atoms with Crippen molar-refractivity contribution in [3.63, 3.8) is 0 Å². The van der Waals surface area contributed by atoms with Gasteiger partial charge in [0.05, 0.1) is 11.4 Å². The van der Waals surface area contributed by atoms with E-state index in [-0.39, 0.29) is 16.8 Å². The molecule has 1 aliphatic rings. The number of nitrogens with zero attached hydrogens (tertiary/aromatic N) is 1. The zero-order valence-corrected chi connectivity index (χ0v) is 18.2. The second kappa shape index (κ2) is 9.26. The molecule has 0 aromatic heterocycles. The SMILES string of the molecule is Cc1ccc(NC(=O)CN2CCC(NS(=O)(=O)c3ccc(Cl)cc3)CC2)cc1C. The number of benzene rings is 2. The Labute approximate surface area is 177 Å². The lowest BCUT2D eigenvalue weighted by Gasteiger charge is -2.31. The molecule has 3 rings (SSSR count). The number of aryl methyl sites for hydroxylation is 2. The molecule has 156 valence electrons. The summed E-state index contributed by atoms with van der Waals surface area (Å²) in [6.07, 6.45) is 1.31. The van der Waals surface area contributed by atoms with Crippen molar-refractivity contribution in [2.75, 3.05) is 25.0 Å². The third-order valence-electron chi connectivity index (χ3n) is 5.19. The summed E-state index contributed by atoms with van der Waals surface area (Å²) in [4.78, 5) is 14.6. The van der Waals surface area contributed by atoms with Crippen LogP contribution in [-0.2, 0) is 14.8 Å². The predicted molar refractivity (Wildman–Crippen MR) is 116 cm³/mol. The number of amides is 1. The van der Waals surface area contributed by atoms with Gasteiger partial charge in [-0.2, -0.15) is 0 Å². The quantitative estimate of drug-likeness (QED) is 0.729. The van der Waals surface area contributed by atoms with Gasteiger partial charge in [0, 0.05) is 29.8 Å². The molecule has 2 aromatic rings. The number of carbonyl (C=O) groups is 1. The van der Waals surface area contributed by atoms with Gasteiger partial charge in [-0.15, -0.1) is 0 Å². The number of halogens is 1. The van der Waals surface area contributed by atoms with Gasteiger partial charge >= 0.3 is 0 Å². The summed E-state index contributed by atoms with van der Waals surface area (Å²) in [5.41, 5.74) is 3.12. The van der Waals surface area contributed by atoms with Gasteiger partial charge in [-0.25, -0.2) is 13.1 Å². The van der Waals surface area contributed by atoms with Gasteiger partial charge in [0.1, 0.15) is 0 Å². The molecule has 0 saturated carbocycles. The number of rotatable bonds is 6. The average molecular weight is 436 g/mol. The van der Waals surface area contributed by atoms with Crippen LogP contribution in [0.3, 0.4) is 0 Å². The first-order valence-corrected chi connectivity index (χ1v) is 11.5. The number of likely N-dealkylation sites (tertiary alicyclic amines) is 1. The van der Waals surface area contributed by atoms with Gasteiger partial charge in [-0.1, -0.05) is 17.7 Å². The number of hydrogen-bond donors (Lipinski definition) is 2. The molecule has 8 heteroatoms. The van der Waals surface area contributed by atoms with Crippen LogP contribution in [0.1, 0.15) is 24.0 Å². The number of piperidine rings is 1. The highest BCUT2D eigenvalue weighted by Crippen LogP contribution is 2.18. The van der Waals surface area contributed by atoms with Crippen LogP contribution in [0.25, 0.3) is 0 Å². The lowest BCUT2D eigenvalue weighted by molar-refractivity contribution is -0.117. The Bertz CT molecular complexity index is 969. The molecule has 0 aliphatic carbocycles. The number of hydrogen-bond acceptors (Lipinski definition) is 4. The van der Waals surface area contributed by atoms with Gasteiger partial charge in [0.2, 0.25) is 15.9 Å². The molecule has 1 fully saturated rings. The van der Waals surface area contributed by atoms with Gasteiger partial charge in [0.25, 0.3) is 0 Å². The average Bonchev–Trinajstić information content (AvgIpc) is 2.66. The number of carbonyl (C=O) groups excluding carboxylic acids is 1.